The van der Waals surface area contributed by atoms with Gasteiger partial charge in [-0.3, -0.25) is 0 Å². The minimum absolute atomic E-state index is 1.73. The van der Waals surface area contributed by atoms with E-state index in [0.717, 1.165) is 0 Å². The number of hydrogen-bond acceptors (Lipinski definition) is 2. The monoisotopic (exact) mass is 114 g/mol. The molecule has 0 atom stereocenters. The van der Waals surface area contributed by atoms with Crippen LogP contribution in [0.3, 0.4) is 0 Å². The number of rotatable bonds is 0. The first-order valence-corrected chi connectivity index (χ1v) is 1.99. The second-order valence-electron chi connectivity index (χ2n) is 0.855. The molecule has 0 radical (unpaired) electrons. The normalized spacial score (nSPS) is 3.89. The summed E-state index contributed by atoms with van der Waals surface area (Å²) >= 11 is 0. The number of aliphatic imine (C=N–C) groups is 1. The topological polar surface area (TPSA) is 36.2 Å². The second kappa shape index (κ2) is 6.06. The Morgan fingerprint density at radius 3 is 2.56 bits per heavy atom. The van der Waals surface area contributed by atoms with Crippen LogP contribution >= 0.6 is 0 Å². The Balaban J connectivity index is 3.94. The van der Waals surface area contributed by atoms with Gasteiger partial charge in [-0.15, -0.1) is 11.4 Å². The molecule has 0 aromatic carbocycles. The van der Waals surface area contributed by atoms with Crippen LogP contribution in [-0.2, 0) is 0 Å². The molecule has 0 aliphatic carbocycles. The number of nitrogens with one attached hydrogen (secondary N) is 1. The van der Waals surface area contributed by atoms with Crippen LogP contribution in [0.4, 0.5) is 0 Å². The third kappa shape index (κ3) is 6.06. The summed E-state index contributed by atoms with van der Waals surface area (Å²) in [6.07, 6.45) is 4.77. The van der Waals surface area contributed by atoms with E-state index in [9.17, 15) is 0 Å². The van der Waals surface area contributed by atoms with Gasteiger partial charge in [-0.05, 0) is 11.8 Å². The zero-order valence-electron chi connectivity index (χ0n) is 4.52. The maximum atomic E-state index is 6.28. The van der Waals surface area contributed by atoms with Gasteiger partial charge in [0.15, 0.2) is 0 Å². The molecule has 1 N–H and O–H groups in total. The minimum atomic E-state index is 1.73. The molecule has 0 unspecified atom stereocenters. The fourth-order valence-electron chi connectivity index (χ4n) is 0.151. The van der Waals surface area contributed by atoms with Crippen molar-refractivity contribution in [2.45, 2.75) is 0 Å². The van der Waals surface area contributed by atoms with Crippen LogP contribution < -0.4 is 0 Å². The highest BCUT2D eigenvalue weighted by molar-refractivity contribution is 5.41. The van der Waals surface area contributed by atoms with E-state index in [1.807, 2.05) is 0 Å². The second-order valence-corrected chi connectivity index (χ2v) is 0.855. The molecule has 0 spiro atoms. The largest absolute Gasteiger partial charge is 0.241 e. The van der Waals surface area contributed by atoms with Crippen LogP contribution in [0.2, 0.25) is 0 Å². The quantitative estimate of drug-likeness (QED) is 0.348. The van der Waals surface area contributed by atoms with Crippen LogP contribution in [0.25, 0.3) is 0 Å². The Bertz CT molecular complexity index is 279. The van der Waals surface area contributed by atoms with Gasteiger partial charge in [-0.25, -0.2) is 5.41 Å². The third-order valence-electron chi connectivity index (χ3n) is 0.365. The van der Waals surface area contributed by atoms with Gasteiger partial charge < -0.3 is 0 Å². The molecular formula is C7H2N2. The average molecular weight is 114 g/mol. The van der Waals surface area contributed by atoms with Gasteiger partial charge in [0, 0.05) is 11.8 Å². The van der Waals surface area contributed by atoms with Crippen molar-refractivity contribution in [3.63, 3.8) is 0 Å². The number of nitrogens with zero attached hydrogens (tertiary/aromatic N) is 1. The van der Waals surface area contributed by atoms with E-state index in [1.165, 1.54) is 0 Å². The summed E-state index contributed by atoms with van der Waals surface area (Å²) in [5.74, 6) is 8.92. The first-order valence-electron chi connectivity index (χ1n) is 1.99. The van der Waals surface area contributed by atoms with Gasteiger partial charge in [0.1, 0.15) is 6.01 Å². The van der Waals surface area contributed by atoms with E-state index in [0.29, 0.717) is 0 Å². The fourth-order valence-corrected chi connectivity index (χ4v) is 0.151. The van der Waals surface area contributed by atoms with E-state index in [1.54, 1.807) is 6.01 Å². The lowest BCUT2D eigenvalue weighted by Gasteiger charge is -1.52. The van der Waals surface area contributed by atoms with Gasteiger partial charge in [-0.1, -0.05) is 0 Å². The molecule has 0 aromatic heterocycles. The van der Waals surface area contributed by atoms with Crippen molar-refractivity contribution in [1.82, 2.24) is 0 Å². The highest BCUT2D eigenvalue weighted by Crippen LogP contribution is 1.54. The maximum absolute atomic E-state index is 6.28. The standard InChI is InChI=1S/C7H2N2/c1-2-3-4-5-6-9-7-8/h1,8H. The zero-order valence-corrected chi connectivity index (χ0v) is 4.52. The summed E-state index contributed by atoms with van der Waals surface area (Å²) in [5.41, 5.74) is 0. The summed E-state index contributed by atoms with van der Waals surface area (Å²) < 4.78 is 0. The molecule has 2 nitrogen and oxygen atoms in total. The summed E-state index contributed by atoms with van der Waals surface area (Å²) in [6, 6.07) is 3.90. The van der Waals surface area contributed by atoms with E-state index in [-0.39, 0.29) is 0 Å². The minimum Gasteiger partial charge on any atom is -0.241 e. The molecule has 0 rings (SSSR count). The molecular weight excluding hydrogens is 112 g/mol. The van der Waals surface area contributed by atoms with E-state index in [4.69, 9.17) is 11.8 Å². The highest BCUT2D eigenvalue weighted by atomic mass is 14.7. The van der Waals surface area contributed by atoms with Gasteiger partial charge in [0.2, 0.25) is 0 Å². The van der Waals surface area contributed by atoms with Crippen molar-refractivity contribution in [3.05, 3.63) is 0 Å². The van der Waals surface area contributed by atoms with Crippen LogP contribution in [0.15, 0.2) is 4.99 Å². The Morgan fingerprint density at radius 2 is 2.00 bits per heavy atom. The van der Waals surface area contributed by atoms with Gasteiger partial charge in [0.05, 0.1) is 6.04 Å². The van der Waals surface area contributed by atoms with Crippen molar-refractivity contribution in [3.8, 4) is 36.1 Å². The Morgan fingerprint density at radius 1 is 1.22 bits per heavy atom. The fraction of sp³-hybridized carbons (Fsp3) is 0. The molecule has 40 valence electrons. The molecule has 2 heteroatoms. The van der Waals surface area contributed by atoms with Crippen molar-refractivity contribution in [2.24, 2.45) is 4.99 Å². The van der Waals surface area contributed by atoms with Crippen molar-refractivity contribution >= 4 is 6.01 Å². The smallest absolute Gasteiger partial charge is 0.101 e. The molecule has 0 bridgehead atoms. The summed E-state index contributed by atoms with van der Waals surface area (Å²) in [7, 11) is 0. The molecule has 0 saturated heterocycles. The molecule has 0 aliphatic heterocycles. The first-order chi connectivity index (χ1) is 4.41. The molecule has 0 aliphatic rings. The van der Waals surface area contributed by atoms with Crippen LogP contribution in [-0.4, -0.2) is 6.01 Å². The lowest BCUT2D eigenvalue weighted by Crippen LogP contribution is -1.50. The molecule has 0 heterocycles. The lowest BCUT2D eigenvalue weighted by molar-refractivity contribution is 1.54. The SMILES string of the molecule is C#CC#CC#CN=C=N. The van der Waals surface area contributed by atoms with Crippen LogP contribution in [0, 0.1) is 41.6 Å². The predicted octanol–water partition coefficient (Wildman–Crippen LogP) is 0.337. The van der Waals surface area contributed by atoms with E-state index < -0.39 is 0 Å². The Labute approximate surface area is 53.5 Å². The van der Waals surface area contributed by atoms with Crippen LogP contribution in [0.5, 0.6) is 0 Å². The van der Waals surface area contributed by atoms with Crippen molar-refractivity contribution in [2.75, 3.05) is 0 Å². The number of hydrogen-bond donors (Lipinski definition) is 1. The summed E-state index contributed by atoms with van der Waals surface area (Å²) in [6.45, 7) is 0. The molecule has 9 heavy (non-hydrogen) atoms. The van der Waals surface area contributed by atoms with Crippen LogP contribution in [0.1, 0.15) is 0 Å². The van der Waals surface area contributed by atoms with E-state index in [2.05, 4.69) is 34.7 Å². The molecule has 0 fully saturated rings. The zero-order chi connectivity index (χ0) is 6.95. The lowest BCUT2D eigenvalue weighted by atomic mass is 10.6. The Hall–Kier alpha value is -1.94. The van der Waals surface area contributed by atoms with Crippen molar-refractivity contribution < 1.29 is 0 Å². The highest BCUT2D eigenvalue weighted by Gasteiger charge is 1.51. The molecule has 0 aromatic rings. The average Bonchev–Trinajstić information content (AvgIpc) is 1.89. The van der Waals surface area contributed by atoms with Gasteiger partial charge >= 0.3 is 0 Å². The van der Waals surface area contributed by atoms with Gasteiger partial charge in [-0.2, -0.15) is 0 Å². The maximum Gasteiger partial charge on any atom is 0.101 e. The number of terminal acetylenes is 1. The summed E-state index contributed by atoms with van der Waals surface area (Å²) in [4.78, 5) is 3.13. The summed E-state index contributed by atoms with van der Waals surface area (Å²) in [5, 5.41) is 6.28. The van der Waals surface area contributed by atoms with E-state index >= 15 is 0 Å². The van der Waals surface area contributed by atoms with Gasteiger partial charge in [0.25, 0.3) is 0 Å². The third-order valence-corrected chi connectivity index (χ3v) is 0.365. The molecule has 0 amide bonds. The predicted molar refractivity (Wildman–Crippen MR) is 34.5 cm³/mol. The van der Waals surface area contributed by atoms with Crippen molar-refractivity contribution in [1.29, 1.82) is 5.41 Å². The molecule has 0 saturated carbocycles. The first kappa shape index (κ1) is 7.06. The Kier molecular flexibility index (Phi) is 4.75.